The molecule has 8 heteroatoms. The number of amides is 2. The molecule has 2 heterocycles. The lowest BCUT2D eigenvalue weighted by Crippen LogP contribution is -2.39. The summed E-state index contributed by atoms with van der Waals surface area (Å²) in [4.78, 5) is 44.2. The molecule has 1 fully saturated rings. The van der Waals surface area contributed by atoms with Gasteiger partial charge in [-0.25, -0.2) is 4.98 Å². The van der Waals surface area contributed by atoms with Gasteiger partial charge in [-0.3, -0.25) is 29.8 Å². The fourth-order valence-electron chi connectivity index (χ4n) is 3.92. The van der Waals surface area contributed by atoms with E-state index in [1.165, 1.54) is 4.57 Å². The summed E-state index contributed by atoms with van der Waals surface area (Å²) in [7, 11) is 0. The van der Waals surface area contributed by atoms with Crippen molar-refractivity contribution in [1.29, 1.82) is 0 Å². The Morgan fingerprint density at radius 1 is 1.13 bits per heavy atom. The van der Waals surface area contributed by atoms with E-state index in [0.29, 0.717) is 24.0 Å². The number of rotatable bonds is 5. The maximum Gasteiger partial charge on any atom is 0.262 e. The van der Waals surface area contributed by atoms with Gasteiger partial charge >= 0.3 is 0 Å². The van der Waals surface area contributed by atoms with E-state index in [-0.39, 0.29) is 29.7 Å². The highest BCUT2D eigenvalue weighted by Gasteiger charge is 2.36. The average Bonchev–Trinajstić information content (AvgIpc) is 3.15. The molecule has 0 spiro atoms. The first kappa shape index (κ1) is 20.6. The SMILES string of the molecule is CCn1c(NNC(=O)C2CC(=O)N(c3cccc(C)c3C)C2)nc2ccccc2c1=O. The molecule has 8 nitrogen and oxygen atoms in total. The summed E-state index contributed by atoms with van der Waals surface area (Å²) < 4.78 is 1.46. The van der Waals surface area contributed by atoms with Crippen molar-refractivity contribution in [3.8, 4) is 0 Å². The maximum atomic E-state index is 12.8. The largest absolute Gasteiger partial charge is 0.311 e. The number of nitrogens with one attached hydrogen (secondary N) is 2. The lowest BCUT2D eigenvalue weighted by atomic mass is 10.1. The highest BCUT2D eigenvalue weighted by molar-refractivity contribution is 6.01. The Morgan fingerprint density at radius 3 is 2.68 bits per heavy atom. The van der Waals surface area contributed by atoms with Crippen LogP contribution in [-0.4, -0.2) is 27.9 Å². The number of fused-ring (bicyclic) bond motifs is 1. The van der Waals surface area contributed by atoms with Gasteiger partial charge < -0.3 is 4.90 Å². The maximum absolute atomic E-state index is 12.8. The van der Waals surface area contributed by atoms with E-state index in [0.717, 1.165) is 16.8 Å². The van der Waals surface area contributed by atoms with Crippen molar-refractivity contribution in [2.24, 2.45) is 5.92 Å². The van der Waals surface area contributed by atoms with E-state index in [1.54, 1.807) is 29.2 Å². The van der Waals surface area contributed by atoms with Gasteiger partial charge in [-0.2, -0.15) is 0 Å². The fraction of sp³-hybridized carbons (Fsp3) is 0.304. The first-order valence-electron chi connectivity index (χ1n) is 10.3. The Morgan fingerprint density at radius 2 is 1.90 bits per heavy atom. The standard InChI is InChI=1S/C23H25N5O3/c1-4-27-22(31)17-9-5-6-10-18(17)24-23(27)26-25-21(30)16-12-20(29)28(13-16)19-11-7-8-14(2)15(19)3/h5-11,16H,4,12-13H2,1-3H3,(H,24,26)(H,25,30). The first-order valence-corrected chi connectivity index (χ1v) is 10.3. The van der Waals surface area contributed by atoms with Gasteiger partial charge in [0, 0.05) is 25.2 Å². The Bertz CT molecular complexity index is 1230. The number of aryl methyl sites for hydroxylation is 1. The summed E-state index contributed by atoms with van der Waals surface area (Å²) in [5, 5.41) is 0.520. The first-order chi connectivity index (χ1) is 14.9. The summed E-state index contributed by atoms with van der Waals surface area (Å²) in [5.74, 6) is -0.633. The Labute approximate surface area is 179 Å². The molecule has 2 aromatic carbocycles. The number of hydrogen-bond donors (Lipinski definition) is 2. The van der Waals surface area contributed by atoms with Gasteiger partial charge in [0.15, 0.2) is 0 Å². The van der Waals surface area contributed by atoms with Crippen LogP contribution < -0.4 is 21.3 Å². The minimum absolute atomic E-state index is 0.0804. The third-order valence-electron chi connectivity index (χ3n) is 5.84. The number of nitrogens with zero attached hydrogens (tertiary/aromatic N) is 3. The molecule has 1 saturated heterocycles. The Kier molecular flexibility index (Phi) is 5.46. The van der Waals surface area contributed by atoms with Gasteiger partial charge in [0.25, 0.3) is 5.56 Å². The molecule has 0 saturated carbocycles. The molecule has 1 unspecified atom stereocenters. The van der Waals surface area contributed by atoms with Gasteiger partial charge in [-0.15, -0.1) is 0 Å². The van der Waals surface area contributed by atoms with Crippen LogP contribution in [0.3, 0.4) is 0 Å². The molecular formula is C23H25N5O3. The van der Waals surface area contributed by atoms with Crippen LogP contribution in [0.5, 0.6) is 0 Å². The average molecular weight is 419 g/mol. The second-order valence-corrected chi connectivity index (χ2v) is 7.74. The van der Waals surface area contributed by atoms with Gasteiger partial charge in [-0.1, -0.05) is 24.3 Å². The second-order valence-electron chi connectivity index (χ2n) is 7.74. The third-order valence-corrected chi connectivity index (χ3v) is 5.84. The molecule has 160 valence electrons. The molecule has 1 aliphatic heterocycles. The molecule has 31 heavy (non-hydrogen) atoms. The number of hydrazine groups is 1. The molecule has 1 aliphatic rings. The molecule has 1 atom stereocenters. The zero-order chi connectivity index (χ0) is 22.1. The van der Waals surface area contributed by atoms with Gasteiger partial charge in [-0.05, 0) is 50.1 Å². The van der Waals surface area contributed by atoms with Gasteiger partial charge in [0.2, 0.25) is 17.8 Å². The van der Waals surface area contributed by atoms with Crippen molar-refractivity contribution in [3.63, 3.8) is 0 Å². The van der Waals surface area contributed by atoms with Crippen LogP contribution in [0.25, 0.3) is 10.9 Å². The topological polar surface area (TPSA) is 96.3 Å². The lowest BCUT2D eigenvalue weighted by molar-refractivity contribution is -0.125. The summed E-state index contributed by atoms with van der Waals surface area (Å²) >= 11 is 0. The summed E-state index contributed by atoms with van der Waals surface area (Å²) in [5.41, 5.74) is 8.76. The quantitative estimate of drug-likeness (QED) is 0.620. The number of anilines is 2. The molecule has 1 aromatic heterocycles. The second kappa shape index (κ2) is 8.22. The minimum Gasteiger partial charge on any atom is -0.311 e. The van der Waals surface area contributed by atoms with Crippen molar-refractivity contribution < 1.29 is 9.59 Å². The van der Waals surface area contributed by atoms with Crippen molar-refractivity contribution in [2.45, 2.75) is 33.7 Å². The predicted molar refractivity (Wildman–Crippen MR) is 120 cm³/mol. The van der Waals surface area contributed by atoms with Crippen LogP contribution in [0.2, 0.25) is 0 Å². The van der Waals surface area contributed by atoms with Crippen molar-refractivity contribution in [2.75, 3.05) is 16.9 Å². The van der Waals surface area contributed by atoms with E-state index >= 15 is 0 Å². The molecule has 2 amide bonds. The van der Waals surface area contributed by atoms with Crippen LogP contribution in [0, 0.1) is 19.8 Å². The van der Waals surface area contributed by atoms with Crippen molar-refractivity contribution in [1.82, 2.24) is 15.0 Å². The Balaban J connectivity index is 1.50. The number of benzene rings is 2. The van der Waals surface area contributed by atoms with Crippen LogP contribution in [-0.2, 0) is 16.1 Å². The predicted octanol–water partition coefficient (Wildman–Crippen LogP) is 2.53. The molecule has 4 rings (SSSR count). The van der Waals surface area contributed by atoms with Crippen LogP contribution in [0.15, 0.2) is 47.3 Å². The number of carbonyl (C=O) groups is 2. The zero-order valence-electron chi connectivity index (χ0n) is 17.8. The minimum atomic E-state index is -0.498. The van der Waals surface area contributed by atoms with Crippen molar-refractivity contribution in [3.05, 3.63) is 63.9 Å². The number of hydrogen-bond acceptors (Lipinski definition) is 5. The van der Waals surface area contributed by atoms with Crippen LogP contribution in [0.4, 0.5) is 11.6 Å². The van der Waals surface area contributed by atoms with E-state index in [4.69, 9.17) is 0 Å². The Hall–Kier alpha value is -3.68. The summed E-state index contributed by atoms with van der Waals surface area (Å²) in [6.07, 6.45) is 0.132. The summed E-state index contributed by atoms with van der Waals surface area (Å²) in [6.45, 7) is 6.52. The van der Waals surface area contributed by atoms with Crippen molar-refractivity contribution >= 4 is 34.4 Å². The molecule has 2 N–H and O–H groups in total. The van der Waals surface area contributed by atoms with Gasteiger partial charge in [0.05, 0.1) is 16.8 Å². The van der Waals surface area contributed by atoms with E-state index in [2.05, 4.69) is 15.8 Å². The third kappa shape index (κ3) is 3.76. The number of carbonyl (C=O) groups excluding carboxylic acids is 2. The highest BCUT2D eigenvalue weighted by atomic mass is 16.2. The molecule has 0 aliphatic carbocycles. The molecular weight excluding hydrogens is 394 g/mol. The molecule has 0 bridgehead atoms. The van der Waals surface area contributed by atoms with E-state index < -0.39 is 5.92 Å². The van der Waals surface area contributed by atoms with E-state index in [1.807, 2.05) is 39.0 Å². The highest BCUT2D eigenvalue weighted by Crippen LogP contribution is 2.29. The number of para-hydroxylation sites is 1. The number of aromatic nitrogens is 2. The van der Waals surface area contributed by atoms with E-state index in [9.17, 15) is 14.4 Å². The summed E-state index contributed by atoms with van der Waals surface area (Å²) in [6, 6.07) is 12.9. The van der Waals surface area contributed by atoms with Crippen LogP contribution in [0.1, 0.15) is 24.5 Å². The molecule has 3 aromatic rings. The fourth-order valence-corrected chi connectivity index (χ4v) is 3.92. The monoisotopic (exact) mass is 419 g/mol. The normalized spacial score (nSPS) is 16.0. The molecule has 0 radical (unpaired) electrons. The lowest BCUT2D eigenvalue weighted by Gasteiger charge is -2.20. The smallest absolute Gasteiger partial charge is 0.262 e. The van der Waals surface area contributed by atoms with Crippen LogP contribution >= 0.6 is 0 Å². The zero-order valence-corrected chi connectivity index (χ0v) is 17.8. The van der Waals surface area contributed by atoms with Gasteiger partial charge in [0.1, 0.15) is 0 Å².